The first-order valence-electron chi connectivity index (χ1n) is 7.86. The maximum atomic E-state index is 7.50. The Hall–Kier alpha value is -1.63. The van der Waals surface area contributed by atoms with E-state index < -0.39 is 8.07 Å². The van der Waals surface area contributed by atoms with Gasteiger partial charge in [0.2, 0.25) is 0 Å². The normalized spacial score (nSPS) is 8.64. The molecular formula is C22H24Co2O8Si. The molecule has 8 nitrogen and oxygen atoms in total. The van der Waals surface area contributed by atoms with Crippen molar-refractivity contribution in [3.05, 3.63) is 75.8 Å². The largest absolute Gasteiger partial charge is 0 e. The standard InChI is InChI=1S/C16H24O2Si.6CO.2Co/c1-14(16(17-2)11-12-19(3,4)5)18-13-15-9-7-6-8-10-15;6*1-2;;/h6-10,14,16H,13H2,1-5H3;;;;;;;;/t14-,16?;;;;;;;;/m0......../s1. The van der Waals surface area contributed by atoms with E-state index in [1.165, 1.54) is 5.56 Å². The van der Waals surface area contributed by atoms with Crippen molar-refractivity contribution in [1.82, 2.24) is 0 Å². The van der Waals surface area contributed by atoms with E-state index in [1.54, 1.807) is 7.11 Å². The molecule has 0 spiro atoms. The molecule has 11 heteroatoms. The number of hydrogen-bond donors (Lipinski definition) is 0. The van der Waals surface area contributed by atoms with Crippen LogP contribution in [0, 0.1) is 51.4 Å². The first-order valence-corrected chi connectivity index (χ1v) is 11.4. The summed E-state index contributed by atoms with van der Waals surface area (Å²) in [4.78, 5) is 0. The molecule has 0 aliphatic carbocycles. The Morgan fingerprint density at radius 3 is 1.45 bits per heavy atom. The van der Waals surface area contributed by atoms with Crippen LogP contribution in [0.1, 0.15) is 12.5 Å². The molecule has 2 atom stereocenters. The summed E-state index contributed by atoms with van der Waals surface area (Å²) >= 11 is 0. The molecule has 0 heterocycles. The minimum absolute atomic E-state index is 0. The summed E-state index contributed by atoms with van der Waals surface area (Å²) in [7, 11) is 0.321. The summed E-state index contributed by atoms with van der Waals surface area (Å²) in [5.41, 5.74) is 4.50. The van der Waals surface area contributed by atoms with Crippen molar-refractivity contribution in [1.29, 1.82) is 0 Å². The summed E-state index contributed by atoms with van der Waals surface area (Å²) in [5.74, 6) is 3.21. The average molecular weight is 562 g/mol. The zero-order valence-electron chi connectivity index (χ0n) is 18.7. The van der Waals surface area contributed by atoms with Crippen LogP contribution in [-0.2, 0) is 77.6 Å². The fourth-order valence-corrected chi connectivity index (χ4v) is 2.12. The van der Waals surface area contributed by atoms with Gasteiger partial charge in [-0.15, -0.1) is 5.54 Å². The van der Waals surface area contributed by atoms with Crippen molar-refractivity contribution in [2.24, 2.45) is 0 Å². The average Bonchev–Trinajstić information content (AvgIpc) is 2.85. The molecule has 2 radical (unpaired) electrons. The van der Waals surface area contributed by atoms with Gasteiger partial charge in [0.05, 0.1) is 12.7 Å². The first-order chi connectivity index (χ1) is 14.9. The molecule has 1 aromatic rings. The molecule has 0 bridgehead atoms. The number of benzene rings is 1. The van der Waals surface area contributed by atoms with Gasteiger partial charge in [0, 0.05) is 40.7 Å². The van der Waals surface area contributed by atoms with Crippen LogP contribution < -0.4 is 0 Å². The van der Waals surface area contributed by atoms with E-state index in [0.29, 0.717) is 6.61 Å². The third-order valence-corrected chi connectivity index (χ3v) is 3.52. The van der Waals surface area contributed by atoms with Crippen molar-refractivity contribution in [2.45, 2.75) is 45.4 Å². The quantitative estimate of drug-likeness (QED) is 0.236. The van der Waals surface area contributed by atoms with Gasteiger partial charge in [0.1, 0.15) is 14.2 Å². The molecule has 1 aromatic carbocycles. The Labute approximate surface area is 218 Å². The molecule has 0 aromatic heterocycles. The number of hydrogen-bond acceptors (Lipinski definition) is 2. The molecule has 0 N–H and O–H groups in total. The van der Waals surface area contributed by atoms with Gasteiger partial charge in [-0.25, -0.2) is 0 Å². The Morgan fingerprint density at radius 1 is 0.788 bits per heavy atom. The second kappa shape index (κ2) is 48.0. The van der Waals surface area contributed by atoms with Crippen LogP contribution in [0.5, 0.6) is 0 Å². The zero-order chi connectivity index (χ0) is 26.3. The topological polar surface area (TPSA) is 138 Å². The first kappa shape index (κ1) is 53.0. The molecule has 0 saturated heterocycles. The van der Waals surface area contributed by atoms with Crippen LogP contribution in [-0.4, -0.2) is 27.4 Å². The summed E-state index contributed by atoms with van der Waals surface area (Å²) in [6, 6.07) is 10.2. The number of methoxy groups -OCH3 is 1. The van der Waals surface area contributed by atoms with Gasteiger partial charge < -0.3 is 9.47 Å². The molecule has 0 fully saturated rings. The molecule has 0 saturated carbocycles. The van der Waals surface area contributed by atoms with Gasteiger partial charge in [-0.1, -0.05) is 55.9 Å². The second-order valence-electron chi connectivity index (χ2n) is 5.68. The Bertz CT molecular complexity index is 635. The van der Waals surface area contributed by atoms with E-state index in [4.69, 9.17) is 37.4 Å². The smallest absolute Gasteiger partial charge is 0 e. The second-order valence-corrected chi connectivity index (χ2v) is 10.4. The van der Waals surface area contributed by atoms with Crippen molar-refractivity contribution < 1.29 is 70.9 Å². The third kappa shape index (κ3) is 44.8. The van der Waals surface area contributed by atoms with Crippen molar-refractivity contribution in [2.75, 3.05) is 7.11 Å². The molecule has 33 heavy (non-hydrogen) atoms. The van der Waals surface area contributed by atoms with E-state index in [0.717, 1.165) is 0 Å². The van der Waals surface area contributed by atoms with E-state index in [9.17, 15) is 0 Å². The summed E-state index contributed by atoms with van der Waals surface area (Å²) in [6.45, 7) is 36.3. The molecule has 1 rings (SSSR count). The summed E-state index contributed by atoms with van der Waals surface area (Å²) < 4.78 is 56.3. The Morgan fingerprint density at radius 2 is 1.15 bits per heavy atom. The van der Waals surface area contributed by atoms with Crippen LogP contribution >= 0.6 is 0 Å². The van der Waals surface area contributed by atoms with Crippen molar-refractivity contribution in [3.8, 4) is 11.5 Å². The fraction of sp³-hybridized carbons (Fsp3) is 0.364. The van der Waals surface area contributed by atoms with Crippen molar-refractivity contribution in [3.63, 3.8) is 0 Å². The van der Waals surface area contributed by atoms with Crippen LogP contribution in [0.2, 0.25) is 19.6 Å². The Balaban J connectivity index is -0.0000000646. The SMILES string of the molecule is COC(C#C[Si](C)(C)C)[C@H](C)OCc1ccccc1.[C-]#[O+].[C-]#[O+].[C-]#[O+].[C-]#[O+].[C-]#[O+].[C-]#[O+].[Co].[Co]. The maximum absolute atomic E-state index is 7.50. The predicted octanol–water partition coefficient (Wildman–Crippen LogP) is 3.26. The predicted molar refractivity (Wildman–Crippen MR) is 106 cm³/mol. The fourth-order valence-electron chi connectivity index (χ4n) is 1.54. The van der Waals surface area contributed by atoms with Crippen LogP contribution in [0.15, 0.2) is 30.3 Å². The zero-order valence-corrected chi connectivity index (χ0v) is 21.8. The number of rotatable bonds is 5. The van der Waals surface area contributed by atoms with Crippen LogP contribution in [0.4, 0.5) is 0 Å². The summed E-state index contributed by atoms with van der Waals surface area (Å²) in [6.07, 6.45) is -0.190. The van der Waals surface area contributed by atoms with Gasteiger partial charge >= 0.3 is 67.8 Å². The maximum Gasteiger partial charge on any atom is 0 e. The van der Waals surface area contributed by atoms with E-state index >= 15 is 0 Å². The minimum Gasteiger partial charge on any atom is 0 e. The number of ether oxygens (including phenoxy) is 2. The molecular weight excluding hydrogens is 538 g/mol. The van der Waals surface area contributed by atoms with E-state index in [-0.39, 0.29) is 45.8 Å². The molecule has 0 aliphatic rings. The van der Waals surface area contributed by atoms with E-state index in [2.05, 4.69) is 83.1 Å². The van der Waals surface area contributed by atoms with Gasteiger partial charge in [0.25, 0.3) is 0 Å². The van der Waals surface area contributed by atoms with Gasteiger partial charge in [-0.05, 0) is 12.5 Å². The monoisotopic (exact) mass is 562 g/mol. The third-order valence-electron chi connectivity index (χ3n) is 2.63. The van der Waals surface area contributed by atoms with Gasteiger partial charge in [0.15, 0.2) is 0 Å². The summed E-state index contributed by atoms with van der Waals surface area (Å²) in [5, 5.41) is 0. The molecule has 0 amide bonds. The van der Waals surface area contributed by atoms with Crippen molar-refractivity contribution >= 4 is 8.07 Å². The molecule has 1 unspecified atom stereocenters. The Kier molecular flexibility index (Phi) is 77.0. The van der Waals surface area contributed by atoms with Crippen LogP contribution in [0.25, 0.3) is 0 Å². The van der Waals surface area contributed by atoms with Gasteiger partial charge in [-0.3, -0.25) is 0 Å². The van der Waals surface area contributed by atoms with Crippen LogP contribution in [0.3, 0.4) is 0 Å². The molecule has 182 valence electrons. The molecule has 0 aliphatic heterocycles. The van der Waals surface area contributed by atoms with E-state index in [1.807, 2.05) is 25.1 Å². The van der Waals surface area contributed by atoms with Gasteiger partial charge in [-0.2, -0.15) is 0 Å². The minimum atomic E-state index is -1.37.